The quantitative estimate of drug-likeness (QED) is 0.815. The number of aromatic carboxylic acids is 1. The molecular weight excluding hydrogens is 311 g/mol. The highest BCUT2D eigenvalue weighted by atomic mass is 127. The van der Waals surface area contributed by atoms with Crippen LogP contribution in [0.15, 0.2) is 11.0 Å². The monoisotopic (exact) mass is 315 g/mol. The summed E-state index contributed by atoms with van der Waals surface area (Å²) in [5.41, 5.74) is -2.70. The Hall–Kier alpha value is -0.990. The molecule has 0 aliphatic heterocycles. The predicted octanol–water partition coefficient (Wildman–Crippen LogP) is 1.62. The predicted molar refractivity (Wildman–Crippen MR) is 51.7 cm³/mol. The van der Waals surface area contributed by atoms with E-state index in [0.717, 1.165) is 6.20 Å². The van der Waals surface area contributed by atoms with Crippen molar-refractivity contribution in [1.29, 1.82) is 0 Å². The van der Waals surface area contributed by atoms with Crippen LogP contribution in [0, 0.1) is 3.57 Å². The zero-order valence-electron chi connectivity index (χ0n) is 6.55. The Kier molecular flexibility index (Phi) is 3.19. The molecule has 1 aromatic rings. The summed E-state index contributed by atoms with van der Waals surface area (Å²) in [5.74, 6) is -1.58. The van der Waals surface area contributed by atoms with Gasteiger partial charge in [-0.1, -0.05) is 0 Å². The highest BCUT2D eigenvalue weighted by Crippen LogP contribution is 2.18. The first-order chi connectivity index (χ1) is 6.45. The molecule has 1 heterocycles. The number of hydrogen-bond donors (Lipinski definition) is 2. The van der Waals surface area contributed by atoms with E-state index in [4.69, 9.17) is 5.11 Å². The molecule has 0 aromatic carbocycles. The Labute approximate surface area is 90.1 Å². The fourth-order valence-corrected chi connectivity index (χ4v) is 1.35. The molecular formula is C7H4F2INO3. The molecule has 4 nitrogen and oxygen atoms in total. The van der Waals surface area contributed by atoms with E-state index in [2.05, 4.69) is 4.98 Å². The smallest absolute Gasteiger partial charge is 0.352 e. The molecule has 0 fully saturated rings. The van der Waals surface area contributed by atoms with Gasteiger partial charge >= 0.3 is 5.97 Å². The lowest BCUT2D eigenvalue weighted by molar-refractivity contribution is 0.0676. The first kappa shape index (κ1) is 11.1. The lowest BCUT2D eigenvalue weighted by Gasteiger charge is -2.03. The van der Waals surface area contributed by atoms with E-state index in [1.54, 1.807) is 22.6 Å². The maximum Gasteiger partial charge on any atom is 0.352 e. The summed E-state index contributed by atoms with van der Waals surface area (Å²) in [4.78, 5) is 23.8. The van der Waals surface area contributed by atoms with Gasteiger partial charge in [-0.2, -0.15) is 0 Å². The van der Waals surface area contributed by atoms with E-state index in [1.807, 2.05) is 0 Å². The van der Waals surface area contributed by atoms with Crippen molar-refractivity contribution in [2.75, 3.05) is 0 Å². The third kappa shape index (κ3) is 1.91. The van der Waals surface area contributed by atoms with E-state index < -0.39 is 29.1 Å². The molecule has 0 spiro atoms. The second-order valence-electron chi connectivity index (χ2n) is 2.36. The molecule has 1 aromatic heterocycles. The van der Waals surface area contributed by atoms with Gasteiger partial charge in [0.2, 0.25) is 5.43 Å². The van der Waals surface area contributed by atoms with Gasteiger partial charge < -0.3 is 10.1 Å². The summed E-state index contributed by atoms with van der Waals surface area (Å²) < 4.78 is 24.7. The molecule has 7 heteroatoms. The molecule has 0 saturated heterocycles. The molecule has 0 aliphatic rings. The summed E-state index contributed by atoms with van der Waals surface area (Å²) in [6.07, 6.45) is -2.02. The Morgan fingerprint density at radius 1 is 1.57 bits per heavy atom. The van der Waals surface area contributed by atoms with Gasteiger partial charge in [0.05, 0.1) is 9.13 Å². The second-order valence-corrected chi connectivity index (χ2v) is 3.52. The molecule has 1 rings (SSSR count). The molecule has 0 aliphatic carbocycles. The molecule has 0 bridgehead atoms. The van der Waals surface area contributed by atoms with Crippen molar-refractivity contribution in [2.45, 2.75) is 6.43 Å². The lowest BCUT2D eigenvalue weighted by Crippen LogP contribution is -2.20. The van der Waals surface area contributed by atoms with Crippen molar-refractivity contribution in [3.05, 3.63) is 31.2 Å². The molecule has 0 atom stereocenters. The van der Waals surface area contributed by atoms with E-state index in [1.165, 1.54) is 0 Å². The van der Waals surface area contributed by atoms with Gasteiger partial charge in [-0.05, 0) is 22.6 Å². The van der Waals surface area contributed by atoms with Gasteiger partial charge in [0.1, 0.15) is 5.69 Å². The minimum Gasteiger partial charge on any atom is -0.477 e. The van der Waals surface area contributed by atoms with E-state index in [0.29, 0.717) is 0 Å². The summed E-state index contributed by atoms with van der Waals surface area (Å²) in [6, 6.07) is 0. The summed E-state index contributed by atoms with van der Waals surface area (Å²) in [7, 11) is 0. The topological polar surface area (TPSA) is 70.2 Å². The minimum absolute atomic E-state index is 0.0305. The number of alkyl halides is 2. The fourth-order valence-electron chi connectivity index (χ4n) is 0.906. The van der Waals surface area contributed by atoms with Gasteiger partial charge in [-0.25, -0.2) is 13.6 Å². The number of carboxylic acids is 1. The van der Waals surface area contributed by atoms with Crippen molar-refractivity contribution < 1.29 is 18.7 Å². The third-order valence-corrected chi connectivity index (χ3v) is 2.31. The van der Waals surface area contributed by atoms with Crippen molar-refractivity contribution in [3.63, 3.8) is 0 Å². The number of pyridine rings is 1. The Bertz CT molecular complexity index is 429. The average molecular weight is 315 g/mol. The number of nitrogens with one attached hydrogen (secondary N) is 1. The zero-order chi connectivity index (χ0) is 10.9. The summed E-state index contributed by atoms with van der Waals surface area (Å²) in [5, 5.41) is 8.52. The van der Waals surface area contributed by atoms with Crippen LogP contribution in [-0.4, -0.2) is 16.1 Å². The fraction of sp³-hybridized carbons (Fsp3) is 0.143. The minimum atomic E-state index is -3.10. The molecule has 2 N–H and O–H groups in total. The van der Waals surface area contributed by atoms with Crippen molar-refractivity contribution in [1.82, 2.24) is 4.98 Å². The van der Waals surface area contributed by atoms with Gasteiger partial charge in [-0.3, -0.25) is 4.79 Å². The molecule has 0 amide bonds. The normalized spacial score (nSPS) is 10.6. The molecule has 0 unspecified atom stereocenters. The number of aromatic amines is 1. The highest BCUT2D eigenvalue weighted by molar-refractivity contribution is 14.1. The maximum atomic E-state index is 12.3. The van der Waals surface area contributed by atoms with Gasteiger partial charge in [-0.15, -0.1) is 0 Å². The number of hydrogen-bond acceptors (Lipinski definition) is 2. The van der Waals surface area contributed by atoms with Gasteiger partial charge in [0.25, 0.3) is 6.43 Å². The molecule has 76 valence electrons. The zero-order valence-corrected chi connectivity index (χ0v) is 8.71. The van der Waals surface area contributed by atoms with Gasteiger partial charge in [0.15, 0.2) is 0 Å². The number of rotatable bonds is 2. The highest BCUT2D eigenvalue weighted by Gasteiger charge is 2.23. The first-order valence-electron chi connectivity index (χ1n) is 3.37. The number of carbonyl (C=O) groups is 1. The summed E-state index contributed by atoms with van der Waals surface area (Å²) in [6.45, 7) is 0. The third-order valence-electron chi connectivity index (χ3n) is 1.51. The van der Waals surface area contributed by atoms with Crippen LogP contribution >= 0.6 is 22.6 Å². The Balaban J connectivity index is 3.54. The van der Waals surface area contributed by atoms with Crippen LogP contribution in [0.3, 0.4) is 0 Å². The van der Waals surface area contributed by atoms with Crippen molar-refractivity contribution in [2.24, 2.45) is 0 Å². The number of aromatic nitrogens is 1. The molecule has 0 saturated carbocycles. The average Bonchev–Trinajstić information content (AvgIpc) is 2.08. The maximum absolute atomic E-state index is 12.3. The van der Waals surface area contributed by atoms with E-state index in [-0.39, 0.29) is 3.57 Å². The largest absolute Gasteiger partial charge is 0.477 e. The standard InChI is InChI=1S/C7H4F2INO3/c8-6(9)3-4(7(13)14)11-1-2(10)5(3)12/h1,6H,(H,11,12)(H,13,14). The van der Waals surface area contributed by atoms with Crippen molar-refractivity contribution >= 4 is 28.6 Å². The van der Waals surface area contributed by atoms with Crippen molar-refractivity contribution in [3.8, 4) is 0 Å². The Morgan fingerprint density at radius 3 is 2.57 bits per heavy atom. The first-order valence-corrected chi connectivity index (χ1v) is 4.45. The lowest BCUT2D eigenvalue weighted by atomic mass is 10.2. The number of carboxylic acid groups (broad SMARTS) is 1. The van der Waals surface area contributed by atoms with Crippen LogP contribution in [0.1, 0.15) is 22.5 Å². The SMILES string of the molecule is O=C(O)c1[nH]cc(I)c(=O)c1C(F)F. The van der Waals surface area contributed by atoms with Crippen LogP contribution in [0.5, 0.6) is 0 Å². The number of H-pyrrole nitrogens is 1. The number of halogens is 3. The van der Waals surface area contributed by atoms with E-state index in [9.17, 15) is 18.4 Å². The molecule has 0 radical (unpaired) electrons. The Morgan fingerprint density at radius 2 is 2.14 bits per heavy atom. The van der Waals surface area contributed by atoms with Crippen LogP contribution in [0.25, 0.3) is 0 Å². The van der Waals surface area contributed by atoms with Gasteiger partial charge in [0, 0.05) is 6.20 Å². The second kappa shape index (κ2) is 4.03. The van der Waals surface area contributed by atoms with Crippen LogP contribution in [-0.2, 0) is 0 Å². The van der Waals surface area contributed by atoms with Crippen LogP contribution in [0.2, 0.25) is 0 Å². The van der Waals surface area contributed by atoms with Crippen LogP contribution < -0.4 is 5.43 Å². The summed E-state index contributed by atoms with van der Waals surface area (Å²) >= 11 is 1.55. The van der Waals surface area contributed by atoms with E-state index >= 15 is 0 Å². The molecule has 14 heavy (non-hydrogen) atoms. The van der Waals surface area contributed by atoms with Crippen LogP contribution in [0.4, 0.5) is 8.78 Å².